The third-order valence-electron chi connectivity index (χ3n) is 6.06. The van der Waals surface area contributed by atoms with Gasteiger partial charge in [0.2, 0.25) is 11.8 Å². The van der Waals surface area contributed by atoms with E-state index in [0.717, 1.165) is 69.5 Å². The number of carbonyl (C=O) groups excluding carboxylic acids is 1. The molecule has 0 bridgehead atoms. The van der Waals surface area contributed by atoms with Crippen LogP contribution in [0.4, 0.5) is 0 Å². The molecule has 2 aliphatic heterocycles. The summed E-state index contributed by atoms with van der Waals surface area (Å²) in [5.41, 5.74) is -0.171. The second-order valence-electron chi connectivity index (χ2n) is 8.12. The van der Waals surface area contributed by atoms with Gasteiger partial charge in [-0.25, -0.2) is 0 Å². The van der Waals surface area contributed by atoms with Crippen LogP contribution in [0.3, 0.4) is 0 Å². The first-order valence-corrected chi connectivity index (χ1v) is 9.89. The first-order chi connectivity index (χ1) is 12.7. The molecular formula is C19H29N3O4. The quantitative estimate of drug-likeness (QED) is 0.772. The number of amides is 1. The molecule has 1 aromatic rings. The predicted molar refractivity (Wildman–Crippen MR) is 93.8 cm³/mol. The molecule has 7 heteroatoms. The lowest BCUT2D eigenvalue weighted by molar-refractivity contribution is -0.137. The van der Waals surface area contributed by atoms with E-state index in [-0.39, 0.29) is 17.9 Å². The Labute approximate surface area is 154 Å². The lowest BCUT2D eigenvalue weighted by Crippen LogP contribution is -2.50. The van der Waals surface area contributed by atoms with Gasteiger partial charge in [0.05, 0.1) is 5.41 Å². The summed E-state index contributed by atoms with van der Waals surface area (Å²) in [6.07, 6.45) is 7.48. The highest BCUT2D eigenvalue weighted by atomic mass is 16.5. The van der Waals surface area contributed by atoms with Crippen molar-refractivity contribution in [1.82, 2.24) is 15.0 Å². The number of methoxy groups -OCH3 is 1. The van der Waals surface area contributed by atoms with Gasteiger partial charge in [0.15, 0.2) is 5.82 Å². The Morgan fingerprint density at radius 1 is 1.31 bits per heavy atom. The van der Waals surface area contributed by atoms with Gasteiger partial charge in [-0.2, -0.15) is 4.98 Å². The summed E-state index contributed by atoms with van der Waals surface area (Å²) < 4.78 is 16.2. The molecule has 1 amide bonds. The second-order valence-corrected chi connectivity index (χ2v) is 8.12. The molecule has 2 saturated heterocycles. The topological polar surface area (TPSA) is 77.7 Å². The number of hydrogen-bond acceptors (Lipinski definition) is 6. The van der Waals surface area contributed by atoms with Crippen LogP contribution in [-0.4, -0.2) is 61.0 Å². The molecule has 3 heterocycles. The lowest BCUT2D eigenvalue weighted by atomic mass is 9.74. The van der Waals surface area contributed by atoms with Crippen LogP contribution in [0.1, 0.15) is 62.6 Å². The minimum Gasteiger partial charge on any atom is -0.381 e. The molecule has 1 aliphatic carbocycles. The van der Waals surface area contributed by atoms with Crippen LogP contribution in [-0.2, 0) is 19.7 Å². The molecule has 7 nitrogen and oxygen atoms in total. The van der Waals surface area contributed by atoms with Crippen molar-refractivity contribution in [2.24, 2.45) is 5.92 Å². The minimum atomic E-state index is -0.171. The van der Waals surface area contributed by atoms with Crippen molar-refractivity contribution in [2.75, 3.05) is 40.0 Å². The van der Waals surface area contributed by atoms with Crippen molar-refractivity contribution >= 4 is 5.91 Å². The van der Waals surface area contributed by atoms with E-state index in [1.165, 1.54) is 12.8 Å². The number of likely N-dealkylation sites (tertiary alicyclic amines) is 1. The van der Waals surface area contributed by atoms with Crippen molar-refractivity contribution in [2.45, 2.75) is 56.3 Å². The van der Waals surface area contributed by atoms with E-state index in [4.69, 9.17) is 19.0 Å². The van der Waals surface area contributed by atoms with Gasteiger partial charge in [-0.05, 0) is 38.0 Å². The fourth-order valence-electron chi connectivity index (χ4n) is 4.44. The minimum absolute atomic E-state index is 0.0560. The normalized spacial score (nSPS) is 27.7. The maximum atomic E-state index is 12.4. The van der Waals surface area contributed by atoms with Crippen LogP contribution in [0.15, 0.2) is 4.52 Å². The van der Waals surface area contributed by atoms with E-state index in [2.05, 4.69) is 5.16 Å². The van der Waals surface area contributed by atoms with E-state index in [9.17, 15) is 4.79 Å². The van der Waals surface area contributed by atoms with Gasteiger partial charge < -0.3 is 18.9 Å². The smallest absolute Gasteiger partial charge is 0.248 e. The average molecular weight is 363 g/mol. The van der Waals surface area contributed by atoms with Crippen molar-refractivity contribution in [3.63, 3.8) is 0 Å². The van der Waals surface area contributed by atoms with Crippen LogP contribution >= 0.6 is 0 Å². The summed E-state index contributed by atoms with van der Waals surface area (Å²) in [5.74, 6) is 2.65. The maximum absolute atomic E-state index is 12.4. The fourth-order valence-corrected chi connectivity index (χ4v) is 4.44. The molecule has 0 N–H and O–H groups in total. The second kappa shape index (κ2) is 7.64. The highest BCUT2D eigenvalue weighted by Crippen LogP contribution is 2.46. The van der Waals surface area contributed by atoms with Crippen LogP contribution in [0.5, 0.6) is 0 Å². The molecule has 26 heavy (non-hydrogen) atoms. The van der Waals surface area contributed by atoms with Crippen LogP contribution in [0.2, 0.25) is 0 Å². The van der Waals surface area contributed by atoms with E-state index >= 15 is 0 Å². The van der Waals surface area contributed by atoms with Gasteiger partial charge in [-0.15, -0.1) is 0 Å². The number of piperidine rings is 1. The lowest BCUT2D eigenvalue weighted by Gasteiger charge is -2.41. The molecule has 1 atom stereocenters. The molecule has 1 unspecified atom stereocenters. The summed E-state index contributed by atoms with van der Waals surface area (Å²) in [6, 6.07) is 0. The molecule has 0 radical (unpaired) electrons. The number of hydrogen-bond donors (Lipinski definition) is 0. The number of aromatic nitrogens is 2. The number of nitrogens with zero attached hydrogens (tertiary/aromatic N) is 3. The SMILES string of the molecule is COCC(=O)N1CCCC(CC2CC2)(c2noc(C3CCOCC3)n2)C1. The monoisotopic (exact) mass is 363 g/mol. The molecule has 3 fully saturated rings. The third-order valence-corrected chi connectivity index (χ3v) is 6.06. The zero-order valence-electron chi connectivity index (χ0n) is 15.6. The summed E-state index contributed by atoms with van der Waals surface area (Å²) in [5, 5.41) is 4.41. The van der Waals surface area contributed by atoms with Crippen molar-refractivity contribution in [1.29, 1.82) is 0 Å². The molecule has 144 valence electrons. The number of rotatable bonds is 6. The Morgan fingerprint density at radius 2 is 2.12 bits per heavy atom. The largest absolute Gasteiger partial charge is 0.381 e. The van der Waals surface area contributed by atoms with Crippen molar-refractivity contribution in [3.8, 4) is 0 Å². The Hall–Kier alpha value is -1.47. The molecule has 3 aliphatic rings. The van der Waals surface area contributed by atoms with Gasteiger partial charge in [0.25, 0.3) is 0 Å². The Bertz CT molecular complexity index is 624. The molecular weight excluding hydrogens is 334 g/mol. The molecule has 1 saturated carbocycles. The van der Waals surface area contributed by atoms with E-state index < -0.39 is 0 Å². The van der Waals surface area contributed by atoms with E-state index in [0.29, 0.717) is 12.5 Å². The van der Waals surface area contributed by atoms with Crippen molar-refractivity contribution < 1.29 is 18.8 Å². The molecule has 1 aromatic heterocycles. The molecule has 0 spiro atoms. The Morgan fingerprint density at radius 3 is 2.85 bits per heavy atom. The standard InChI is InChI=1S/C19H29N3O4/c1-24-12-16(23)22-8-2-7-19(13-22,11-14-3-4-14)18-20-17(26-21-18)15-5-9-25-10-6-15/h14-15H,2-13H2,1H3. The zero-order chi connectivity index (χ0) is 18.0. The predicted octanol–water partition coefficient (Wildman–Crippen LogP) is 2.27. The van der Waals surface area contributed by atoms with Gasteiger partial charge in [0, 0.05) is 39.3 Å². The van der Waals surface area contributed by atoms with Crippen LogP contribution < -0.4 is 0 Å². The van der Waals surface area contributed by atoms with Gasteiger partial charge in [-0.1, -0.05) is 18.0 Å². The molecule has 0 aromatic carbocycles. The highest BCUT2D eigenvalue weighted by molar-refractivity contribution is 5.77. The Balaban J connectivity index is 1.55. The summed E-state index contributed by atoms with van der Waals surface area (Å²) >= 11 is 0. The van der Waals surface area contributed by atoms with Gasteiger partial charge >= 0.3 is 0 Å². The molecule has 4 rings (SSSR count). The number of ether oxygens (including phenoxy) is 2. The maximum Gasteiger partial charge on any atom is 0.248 e. The van der Waals surface area contributed by atoms with E-state index in [1.54, 1.807) is 7.11 Å². The van der Waals surface area contributed by atoms with Crippen LogP contribution in [0.25, 0.3) is 0 Å². The van der Waals surface area contributed by atoms with Crippen molar-refractivity contribution in [3.05, 3.63) is 11.7 Å². The average Bonchev–Trinajstić information content (AvgIpc) is 3.33. The van der Waals surface area contributed by atoms with E-state index in [1.807, 2.05) is 4.90 Å². The van der Waals surface area contributed by atoms with Gasteiger partial charge in [-0.3, -0.25) is 4.79 Å². The number of carbonyl (C=O) groups is 1. The first-order valence-electron chi connectivity index (χ1n) is 9.89. The first kappa shape index (κ1) is 17.9. The van der Waals surface area contributed by atoms with Crippen LogP contribution in [0, 0.1) is 5.92 Å². The third kappa shape index (κ3) is 3.78. The highest BCUT2D eigenvalue weighted by Gasteiger charge is 2.46. The Kier molecular flexibility index (Phi) is 5.27. The van der Waals surface area contributed by atoms with Gasteiger partial charge in [0.1, 0.15) is 6.61 Å². The summed E-state index contributed by atoms with van der Waals surface area (Å²) in [4.78, 5) is 19.2. The fraction of sp³-hybridized carbons (Fsp3) is 0.842. The zero-order valence-corrected chi connectivity index (χ0v) is 15.6. The summed E-state index contributed by atoms with van der Waals surface area (Å²) in [6.45, 7) is 3.13. The summed E-state index contributed by atoms with van der Waals surface area (Å²) in [7, 11) is 1.57.